The van der Waals surface area contributed by atoms with Crippen LogP contribution in [0.15, 0.2) is 11.4 Å². The normalized spacial score (nSPS) is 10.8. The maximum absolute atomic E-state index is 12.1. The number of carbonyl (C=O) groups is 1. The number of rotatable bonds is 4. The molecule has 0 aliphatic carbocycles. The number of amides is 1. The highest BCUT2D eigenvalue weighted by Gasteiger charge is 2.30. The number of carbonyl (C=O) groups excluding carboxylic acids is 1. The van der Waals surface area contributed by atoms with Crippen molar-refractivity contribution in [3.8, 4) is 11.8 Å². The van der Waals surface area contributed by atoms with Crippen molar-refractivity contribution in [3.63, 3.8) is 0 Å². The quantitative estimate of drug-likeness (QED) is 0.849. The van der Waals surface area contributed by atoms with Gasteiger partial charge in [0.1, 0.15) is 5.60 Å². The molecule has 0 unspecified atom stereocenters. The number of hydrogen-bond acceptors (Lipinski definition) is 4. The van der Waals surface area contributed by atoms with Gasteiger partial charge in [-0.05, 0) is 30.9 Å². The van der Waals surface area contributed by atoms with E-state index < -0.39 is 5.60 Å². The van der Waals surface area contributed by atoms with Gasteiger partial charge in [0.15, 0.2) is 0 Å². The van der Waals surface area contributed by atoms with Crippen LogP contribution in [0.25, 0.3) is 0 Å². The highest BCUT2D eigenvalue weighted by Crippen LogP contribution is 2.17. The zero-order valence-corrected chi connectivity index (χ0v) is 12.6. The van der Waals surface area contributed by atoms with Gasteiger partial charge in [0.2, 0.25) is 0 Å². The molecule has 1 rings (SSSR count). The van der Waals surface area contributed by atoms with Crippen LogP contribution in [0.5, 0.6) is 0 Å². The number of thiophene rings is 1. The number of nitrogens with two attached hydrogens (primary N) is 1. The van der Waals surface area contributed by atoms with Crippen LogP contribution in [0.4, 0.5) is 0 Å². The molecule has 1 aromatic heterocycles. The van der Waals surface area contributed by atoms with E-state index >= 15 is 0 Å². The molecule has 0 bridgehead atoms. The first-order valence-electron chi connectivity index (χ1n) is 5.97. The minimum atomic E-state index is -0.799. The molecule has 0 saturated heterocycles. The molecule has 0 aromatic carbocycles. The third kappa shape index (κ3) is 4.35. The predicted octanol–water partition coefficient (Wildman–Crippen LogP) is 1.44. The van der Waals surface area contributed by atoms with Gasteiger partial charge in [-0.25, -0.2) is 0 Å². The van der Waals surface area contributed by atoms with E-state index in [1.165, 1.54) is 7.11 Å². The van der Waals surface area contributed by atoms with E-state index in [1.54, 1.807) is 37.1 Å². The van der Waals surface area contributed by atoms with Crippen molar-refractivity contribution in [2.75, 3.05) is 20.7 Å². The lowest BCUT2D eigenvalue weighted by atomic mass is 10.1. The Morgan fingerprint density at radius 1 is 1.58 bits per heavy atom. The summed E-state index contributed by atoms with van der Waals surface area (Å²) in [6, 6.07) is 1.98. The number of hydrogen-bond donors (Lipinski definition) is 1. The molecule has 1 amide bonds. The summed E-state index contributed by atoms with van der Waals surface area (Å²) in [5.74, 6) is 5.75. The molecule has 0 aliphatic heterocycles. The van der Waals surface area contributed by atoms with Crippen molar-refractivity contribution < 1.29 is 9.53 Å². The Labute approximate surface area is 118 Å². The number of methoxy groups -OCH3 is 1. The smallest absolute Gasteiger partial charge is 0.254 e. The van der Waals surface area contributed by atoms with E-state index in [9.17, 15) is 4.79 Å². The molecule has 104 valence electrons. The van der Waals surface area contributed by atoms with E-state index in [1.807, 2.05) is 11.4 Å². The lowest BCUT2D eigenvalue weighted by Crippen LogP contribution is -2.44. The van der Waals surface area contributed by atoms with Gasteiger partial charge in [0.25, 0.3) is 5.91 Å². The highest BCUT2D eigenvalue weighted by atomic mass is 32.1. The molecule has 19 heavy (non-hydrogen) atoms. The molecule has 0 fully saturated rings. The molecule has 4 nitrogen and oxygen atoms in total. The molecular formula is C14H20N2O2S. The van der Waals surface area contributed by atoms with Gasteiger partial charge in [-0.3, -0.25) is 4.79 Å². The summed E-state index contributed by atoms with van der Waals surface area (Å²) in [7, 11) is 3.31. The zero-order valence-electron chi connectivity index (χ0n) is 11.8. The van der Waals surface area contributed by atoms with E-state index in [2.05, 4.69) is 11.8 Å². The van der Waals surface area contributed by atoms with Crippen molar-refractivity contribution >= 4 is 17.2 Å². The Morgan fingerprint density at radius 2 is 2.26 bits per heavy atom. The topological polar surface area (TPSA) is 55.6 Å². The first kappa shape index (κ1) is 15.7. The fraction of sp³-hybridized carbons (Fsp3) is 0.500. The van der Waals surface area contributed by atoms with Crippen LogP contribution in [-0.2, 0) is 16.1 Å². The van der Waals surface area contributed by atoms with Gasteiger partial charge >= 0.3 is 0 Å². The van der Waals surface area contributed by atoms with Crippen molar-refractivity contribution in [1.82, 2.24) is 4.90 Å². The molecule has 0 spiro atoms. The third-order valence-corrected chi connectivity index (χ3v) is 3.65. The summed E-state index contributed by atoms with van der Waals surface area (Å²) < 4.78 is 5.19. The first-order valence-corrected chi connectivity index (χ1v) is 6.85. The largest absolute Gasteiger partial charge is 0.369 e. The van der Waals surface area contributed by atoms with Gasteiger partial charge < -0.3 is 15.4 Å². The third-order valence-electron chi connectivity index (χ3n) is 2.76. The number of nitrogens with zero attached hydrogens (tertiary/aromatic N) is 1. The summed E-state index contributed by atoms with van der Waals surface area (Å²) in [6.45, 7) is 4.43. The maximum atomic E-state index is 12.1. The molecule has 0 atom stereocenters. The summed E-state index contributed by atoms with van der Waals surface area (Å²) in [6.07, 6.45) is 0. The van der Waals surface area contributed by atoms with Gasteiger partial charge in [-0.2, -0.15) is 0 Å². The average Bonchev–Trinajstić information content (AvgIpc) is 2.82. The van der Waals surface area contributed by atoms with Crippen LogP contribution in [0.3, 0.4) is 0 Å². The van der Waals surface area contributed by atoms with Crippen molar-refractivity contribution in [2.45, 2.75) is 26.0 Å². The highest BCUT2D eigenvalue weighted by molar-refractivity contribution is 7.10. The van der Waals surface area contributed by atoms with Gasteiger partial charge in [-0.1, -0.05) is 11.8 Å². The fourth-order valence-electron chi connectivity index (χ4n) is 1.55. The van der Waals surface area contributed by atoms with Crippen molar-refractivity contribution in [1.29, 1.82) is 0 Å². The molecule has 0 aliphatic rings. The van der Waals surface area contributed by atoms with Crippen molar-refractivity contribution in [2.24, 2.45) is 5.73 Å². The zero-order chi connectivity index (χ0) is 14.5. The van der Waals surface area contributed by atoms with Gasteiger partial charge in [0, 0.05) is 20.7 Å². The van der Waals surface area contributed by atoms with Crippen LogP contribution in [0, 0.1) is 11.8 Å². The van der Waals surface area contributed by atoms with Gasteiger partial charge in [-0.15, -0.1) is 11.3 Å². The maximum Gasteiger partial charge on any atom is 0.254 e. The second-order valence-corrected chi connectivity index (χ2v) is 5.61. The van der Waals surface area contributed by atoms with Crippen LogP contribution in [0.2, 0.25) is 0 Å². The summed E-state index contributed by atoms with van der Waals surface area (Å²) >= 11 is 1.56. The number of likely N-dealkylation sites (N-methyl/N-ethyl adjacent to an activating group) is 1. The monoisotopic (exact) mass is 280 g/mol. The van der Waals surface area contributed by atoms with Crippen LogP contribution in [0.1, 0.15) is 24.3 Å². The first-order chi connectivity index (χ1) is 8.90. The summed E-state index contributed by atoms with van der Waals surface area (Å²) in [5.41, 5.74) is 5.60. The Balaban J connectivity index is 2.69. The molecule has 2 N–H and O–H groups in total. The molecular weight excluding hydrogens is 260 g/mol. The predicted molar refractivity (Wildman–Crippen MR) is 77.8 cm³/mol. The summed E-state index contributed by atoms with van der Waals surface area (Å²) in [4.78, 5) is 14.8. The van der Waals surface area contributed by atoms with Crippen LogP contribution in [-0.4, -0.2) is 37.1 Å². The Hall–Kier alpha value is -1.35. The van der Waals surface area contributed by atoms with Gasteiger partial charge in [0.05, 0.1) is 11.4 Å². The minimum Gasteiger partial charge on any atom is -0.369 e. The molecule has 0 radical (unpaired) electrons. The van der Waals surface area contributed by atoms with E-state index in [0.29, 0.717) is 13.1 Å². The Kier molecular flexibility index (Phi) is 5.55. The van der Waals surface area contributed by atoms with Crippen LogP contribution >= 0.6 is 11.3 Å². The lowest BCUT2D eigenvalue weighted by Gasteiger charge is -2.27. The summed E-state index contributed by atoms with van der Waals surface area (Å²) in [5, 5.41) is 2.00. The Morgan fingerprint density at radius 3 is 2.84 bits per heavy atom. The van der Waals surface area contributed by atoms with Crippen LogP contribution < -0.4 is 5.73 Å². The lowest BCUT2D eigenvalue weighted by molar-refractivity contribution is -0.150. The molecule has 0 saturated carbocycles. The fourth-order valence-corrected chi connectivity index (χ4v) is 2.33. The van der Waals surface area contributed by atoms with E-state index in [-0.39, 0.29) is 5.91 Å². The Bertz CT molecular complexity index is 497. The molecule has 1 aromatic rings. The van der Waals surface area contributed by atoms with E-state index in [4.69, 9.17) is 10.5 Å². The van der Waals surface area contributed by atoms with E-state index in [0.717, 1.165) is 10.4 Å². The molecule has 1 heterocycles. The molecule has 5 heteroatoms. The second kappa shape index (κ2) is 6.71. The number of ether oxygens (including phenoxy) is 1. The second-order valence-electron chi connectivity index (χ2n) is 4.70. The minimum absolute atomic E-state index is 0.0456. The standard InChI is InChI=1S/C14H20N2O2S/c1-14(2,18-4)13(17)16(3)9-11-8-12(19-10-11)6-5-7-15/h8,10H,7,9,15H2,1-4H3. The average molecular weight is 280 g/mol. The van der Waals surface area contributed by atoms with Crippen molar-refractivity contribution in [3.05, 3.63) is 21.9 Å². The SMILES string of the molecule is COC(C)(C)C(=O)N(C)Cc1csc(C#CCN)c1.